The molecule has 31 heavy (non-hydrogen) atoms. The van der Waals surface area contributed by atoms with Crippen LogP contribution in [0.15, 0.2) is 60.7 Å². The van der Waals surface area contributed by atoms with Gasteiger partial charge < -0.3 is 10.4 Å². The predicted molar refractivity (Wildman–Crippen MR) is 127 cm³/mol. The van der Waals surface area contributed by atoms with Crippen molar-refractivity contribution < 1.29 is 9.48 Å². The molecule has 0 unspecified atom stereocenters. The molecule has 2 saturated carbocycles. The Morgan fingerprint density at radius 3 is 1.29 bits per heavy atom. The Hall–Kier alpha value is -2.62. The van der Waals surface area contributed by atoms with E-state index in [1.165, 1.54) is 15.9 Å². The maximum atomic E-state index is 12.5. The number of hydrogen-bond acceptors (Lipinski definition) is 2. The van der Waals surface area contributed by atoms with Gasteiger partial charge >= 0.3 is 0 Å². The third kappa shape index (κ3) is 6.19. The van der Waals surface area contributed by atoms with Gasteiger partial charge in [0, 0.05) is 36.8 Å². The normalized spacial score (nSPS) is 27.7. The zero-order valence-corrected chi connectivity index (χ0v) is 18.3. The molecule has 2 aromatic carbocycles. The minimum atomic E-state index is 0.120. The van der Waals surface area contributed by atoms with E-state index < -0.39 is 0 Å². The van der Waals surface area contributed by atoms with E-state index in [1.807, 2.05) is 60.7 Å². The fourth-order valence-electron chi connectivity index (χ4n) is 5.32. The molecule has 4 nitrogen and oxygen atoms in total. The Labute approximate surface area is 186 Å². The third-order valence-corrected chi connectivity index (χ3v) is 7.17. The van der Waals surface area contributed by atoms with Crippen LogP contribution in [0, 0.1) is 22.3 Å². The summed E-state index contributed by atoms with van der Waals surface area (Å²) in [6, 6.07) is 20.0. The van der Waals surface area contributed by atoms with Gasteiger partial charge in [-0.2, -0.15) is 0 Å². The van der Waals surface area contributed by atoms with E-state index in [4.69, 9.17) is 0 Å². The van der Waals surface area contributed by atoms with Crippen molar-refractivity contribution in [2.75, 3.05) is 0 Å². The highest BCUT2D eigenvalue weighted by atomic mass is 16.5. The molecule has 4 rings (SSSR count). The molecule has 2 fully saturated rings. The fraction of sp³-hybridized carbons (Fsp3) is 0.481. The highest BCUT2D eigenvalue weighted by molar-refractivity contribution is 5.75. The monoisotopic (exact) mass is 418 g/mol. The average molecular weight is 419 g/mol. The zero-order chi connectivity index (χ0) is 21.5. The van der Waals surface area contributed by atoms with Crippen molar-refractivity contribution in [3.05, 3.63) is 82.2 Å². The standard InChI is InChI=1S/C27H34N2O2/c30-28(20-24-7-3-1-4-8-24)26-15-11-22(12-16-26)19-23-13-17-27(18-14-23)29(31)21-25-9-5-2-6-10-25/h1-10,20-23,26-27H,11-19H2. The number of hydroxylamine groups is 2. The van der Waals surface area contributed by atoms with Crippen LogP contribution in [0.1, 0.15) is 68.9 Å². The van der Waals surface area contributed by atoms with Gasteiger partial charge in [0.25, 0.3) is 0 Å². The van der Waals surface area contributed by atoms with Gasteiger partial charge in [0.1, 0.15) is 0 Å². The van der Waals surface area contributed by atoms with Crippen molar-refractivity contribution in [2.24, 2.45) is 11.8 Å². The van der Waals surface area contributed by atoms with Gasteiger partial charge in [0.2, 0.25) is 0 Å². The molecule has 0 atom stereocenters. The number of nitrogens with zero attached hydrogens (tertiary/aromatic N) is 2. The Bertz CT molecular complexity index is 789. The first-order chi connectivity index (χ1) is 15.2. The van der Waals surface area contributed by atoms with Gasteiger partial charge in [-0.15, -0.1) is 0 Å². The molecular formula is C27H34N2O2. The van der Waals surface area contributed by atoms with E-state index >= 15 is 0 Å². The van der Waals surface area contributed by atoms with Crippen LogP contribution >= 0.6 is 0 Å². The Morgan fingerprint density at radius 1 is 0.581 bits per heavy atom. The second-order valence-electron chi connectivity index (χ2n) is 9.38. The molecule has 164 valence electrons. The van der Waals surface area contributed by atoms with Gasteiger partial charge in [-0.05, 0) is 68.2 Å². The Morgan fingerprint density at radius 2 is 0.935 bits per heavy atom. The summed E-state index contributed by atoms with van der Waals surface area (Å²) in [4.78, 5) is 0. The zero-order valence-electron chi connectivity index (χ0n) is 18.3. The van der Waals surface area contributed by atoms with Crippen LogP contribution in [0.4, 0.5) is 0 Å². The van der Waals surface area contributed by atoms with Gasteiger partial charge in [0.05, 0.1) is 0 Å². The quantitative estimate of drug-likeness (QED) is 0.259. The molecule has 0 aliphatic heterocycles. The van der Waals surface area contributed by atoms with Crippen molar-refractivity contribution in [3.8, 4) is 0 Å². The maximum absolute atomic E-state index is 12.5. The Balaban J connectivity index is 1.21. The molecule has 0 heterocycles. The summed E-state index contributed by atoms with van der Waals surface area (Å²) in [6.07, 6.45) is 13.3. The lowest BCUT2D eigenvalue weighted by atomic mass is 9.76. The molecule has 0 saturated heterocycles. The summed E-state index contributed by atoms with van der Waals surface area (Å²) in [5, 5.41) is 25.0. The molecule has 2 aromatic rings. The van der Waals surface area contributed by atoms with Crippen LogP contribution in [-0.4, -0.2) is 34.0 Å². The van der Waals surface area contributed by atoms with Gasteiger partial charge in [0.15, 0.2) is 24.5 Å². The van der Waals surface area contributed by atoms with E-state index in [1.54, 1.807) is 12.4 Å². The molecule has 0 N–H and O–H groups in total. The summed E-state index contributed by atoms with van der Waals surface area (Å²) in [5.74, 6) is 1.48. The summed E-state index contributed by atoms with van der Waals surface area (Å²) >= 11 is 0. The number of hydrogen-bond donors (Lipinski definition) is 0. The fourth-order valence-corrected chi connectivity index (χ4v) is 5.32. The summed E-state index contributed by atoms with van der Waals surface area (Å²) in [7, 11) is 0. The van der Waals surface area contributed by atoms with Crippen molar-refractivity contribution in [1.82, 2.24) is 0 Å². The second kappa shape index (κ2) is 10.6. The number of rotatable bonds is 6. The topological polar surface area (TPSA) is 52.1 Å². The Kier molecular flexibility index (Phi) is 7.39. The van der Waals surface area contributed by atoms with E-state index in [9.17, 15) is 10.4 Å². The van der Waals surface area contributed by atoms with Crippen molar-refractivity contribution >= 4 is 12.4 Å². The van der Waals surface area contributed by atoms with E-state index in [0.717, 1.165) is 74.3 Å². The van der Waals surface area contributed by atoms with Crippen molar-refractivity contribution in [3.63, 3.8) is 0 Å². The summed E-state index contributed by atoms with van der Waals surface area (Å²) in [6.45, 7) is 0. The molecule has 0 bridgehead atoms. The predicted octanol–water partition coefficient (Wildman–Crippen LogP) is 5.75. The van der Waals surface area contributed by atoms with Crippen LogP contribution in [0.3, 0.4) is 0 Å². The minimum absolute atomic E-state index is 0.120. The van der Waals surface area contributed by atoms with Crippen LogP contribution < -0.4 is 0 Å². The highest BCUT2D eigenvalue weighted by Gasteiger charge is 2.31. The molecule has 2 aliphatic carbocycles. The average Bonchev–Trinajstić information content (AvgIpc) is 2.81. The van der Waals surface area contributed by atoms with Crippen LogP contribution in [-0.2, 0) is 0 Å². The third-order valence-electron chi connectivity index (χ3n) is 7.17. The van der Waals surface area contributed by atoms with Crippen molar-refractivity contribution in [2.45, 2.75) is 69.9 Å². The lowest BCUT2D eigenvalue weighted by Gasteiger charge is -2.32. The first-order valence-electron chi connectivity index (χ1n) is 11.9. The first kappa shape index (κ1) is 21.6. The van der Waals surface area contributed by atoms with E-state index in [-0.39, 0.29) is 12.1 Å². The van der Waals surface area contributed by atoms with E-state index in [0.29, 0.717) is 0 Å². The lowest BCUT2D eigenvalue weighted by molar-refractivity contribution is -0.502. The first-order valence-corrected chi connectivity index (χ1v) is 11.9. The molecule has 4 heteroatoms. The van der Waals surface area contributed by atoms with Crippen LogP contribution in [0.2, 0.25) is 0 Å². The minimum Gasteiger partial charge on any atom is -0.624 e. The largest absolute Gasteiger partial charge is 0.624 e. The van der Waals surface area contributed by atoms with Gasteiger partial charge in [-0.3, -0.25) is 0 Å². The lowest BCUT2D eigenvalue weighted by Crippen LogP contribution is -2.31. The molecule has 0 radical (unpaired) electrons. The molecule has 0 aromatic heterocycles. The molecule has 0 amide bonds. The highest BCUT2D eigenvalue weighted by Crippen LogP contribution is 2.36. The van der Waals surface area contributed by atoms with E-state index in [2.05, 4.69) is 0 Å². The van der Waals surface area contributed by atoms with Crippen molar-refractivity contribution in [1.29, 1.82) is 0 Å². The molecule has 2 aliphatic rings. The SMILES string of the molecule is [O-][N+](=Cc1ccccc1)C1CCC(CC2CCC([N+]([O-])=Cc3ccccc3)CC2)CC1. The van der Waals surface area contributed by atoms with Crippen LogP contribution in [0.25, 0.3) is 0 Å². The smallest absolute Gasteiger partial charge is 0.182 e. The van der Waals surface area contributed by atoms with Gasteiger partial charge in [-0.25, -0.2) is 9.48 Å². The second-order valence-corrected chi connectivity index (χ2v) is 9.38. The summed E-state index contributed by atoms with van der Waals surface area (Å²) < 4.78 is 2.37. The molecule has 0 spiro atoms. The van der Waals surface area contributed by atoms with Crippen LogP contribution in [0.5, 0.6) is 0 Å². The molecular weight excluding hydrogens is 384 g/mol. The number of benzene rings is 2. The summed E-state index contributed by atoms with van der Waals surface area (Å²) in [5.41, 5.74) is 1.96. The maximum Gasteiger partial charge on any atom is 0.182 e. The van der Waals surface area contributed by atoms with Gasteiger partial charge in [-0.1, -0.05) is 36.4 Å².